The lowest BCUT2D eigenvalue weighted by molar-refractivity contribution is -0.169. The summed E-state index contributed by atoms with van der Waals surface area (Å²) < 4.78 is 6.56. The number of hydrogen-bond donors (Lipinski definition) is 1. The Morgan fingerprint density at radius 2 is 2.10 bits per heavy atom. The molecular weight excluding hydrogens is 262 g/mol. The Bertz CT molecular complexity index is 472. The van der Waals surface area contributed by atoms with Crippen LogP contribution in [0.2, 0.25) is 0 Å². The molecule has 1 N–H and O–H groups in total. The lowest BCUT2D eigenvalue weighted by Crippen LogP contribution is -2.43. The Hall–Kier alpha value is -1.92. The second-order valence-electron chi connectivity index (χ2n) is 4.54. The first kappa shape index (κ1) is 16.1. The van der Waals surface area contributed by atoms with Gasteiger partial charge < -0.3 is 9.84 Å². The average molecular weight is 283 g/mol. The van der Waals surface area contributed by atoms with E-state index in [0.717, 1.165) is 6.42 Å². The molecule has 1 unspecified atom stereocenters. The van der Waals surface area contributed by atoms with Crippen LogP contribution in [0, 0.1) is 5.41 Å². The molecule has 0 amide bonds. The van der Waals surface area contributed by atoms with Gasteiger partial charge >= 0.3 is 11.9 Å². The maximum absolute atomic E-state index is 12.1. The first-order valence-electron chi connectivity index (χ1n) is 6.79. The van der Waals surface area contributed by atoms with Gasteiger partial charge in [-0.1, -0.05) is 13.8 Å². The zero-order valence-corrected chi connectivity index (χ0v) is 12.1. The van der Waals surface area contributed by atoms with Crippen molar-refractivity contribution >= 4 is 11.9 Å². The van der Waals surface area contributed by atoms with Gasteiger partial charge in [-0.15, -0.1) is 0 Å². The number of aromatic nitrogens is 3. The standard InChI is InChI=1S/C13H21N3O4/c1-4-7-16-10(14-9-15-16)8-13(5-2,11(17)18)12(19)20-6-3/h9H,4-8H2,1-3H3,(H,17,18). The van der Waals surface area contributed by atoms with Crippen molar-refractivity contribution in [3.05, 3.63) is 12.2 Å². The molecular formula is C13H21N3O4. The first-order chi connectivity index (χ1) is 9.51. The van der Waals surface area contributed by atoms with Gasteiger partial charge in [0.2, 0.25) is 0 Å². The number of hydrogen-bond acceptors (Lipinski definition) is 5. The van der Waals surface area contributed by atoms with Crippen molar-refractivity contribution in [1.82, 2.24) is 14.8 Å². The summed E-state index contributed by atoms with van der Waals surface area (Å²) >= 11 is 0. The van der Waals surface area contributed by atoms with E-state index in [2.05, 4.69) is 10.1 Å². The predicted octanol–water partition coefficient (Wildman–Crippen LogP) is 1.27. The van der Waals surface area contributed by atoms with Gasteiger partial charge in [0.1, 0.15) is 12.2 Å². The molecule has 1 heterocycles. The monoisotopic (exact) mass is 283 g/mol. The van der Waals surface area contributed by atoms with Crippen molar-refractivity contribution in [2.45, 2.75) is 46.6 Å². The second kappa shape index (κ2) is 7.02. The summed E-state index contributed by atoms with van der Waals surface area (Å²) in [7, 11) is 0. The van der Waals surface area contributed by atoms with Gasteiger partial charge in [0, 0.05) is 13.0 Å². The Morgan fingerprint density at radius 3 is 2.60 bits per heavy atom. The summed E-state index contributed by atoms with van der Waals surface area (Å²) in [4.78, 5) is 27.8. The third-order valence-electron chi connectivity index (χ3n) is 3.27. The normalized spacial score (nSPS) is 13.8. The van der Waals surface area contributed by atoms with Gasteiger partial charge in [-0.3, -0.25) is 14.3 Å². The number of carbonyl (C=O) groups is 2. The highest BCUT2D eigenvalue weighted by Gasteiger charge is 2.47. The fourth-order valence-corrected chi connectivity index (χ4v) is 2.02. The van der Waals surface area contributed by atoms with E-state index in [0.29, 0.717) is 12.4 Å². The van der Waals surface area contributed by atoms with Crippen LogP contribution in [0.4, 0.5) is 0 Å². The fourth-order valence-electron chi connectivity index (χ4n) is 2.02. The van der Waals surface area contributed by atoms with Crippen LogP contribution in [0.3, 0.4) is 0 Å². The minimum atomic E-state index is -1.60. The Balaban J connectivity index is 3.09. The molecule has 0 saturated heterocycles. The van der Waals surface area contributed by atoms with E-state index in [1.54, 1.807) is 18.5 Å². The Labute approximate surface area is 118 Å². The van der Waals surface area contributed by atoms with E-state index in [4.69, 9.17) is 4.74 Å². The maximum atomic E-state index is 12.1. The number of aliphatic carboxylic acids is 1. The summed E-state index contributed by atoms with van der Waals surface area (Å²) in [6.07, 6.45) is 2.35. The zero-order valence-electron chi connectivity index (χ0n) is 12.1. The third kappa shape index (κ3) is 3.15. The highest BCUT2D eigenvalue weighted by atomic mass is 16.5. The number of esters is 1. The minimum Gasteiger partial charge on any atom is -0.480 e. The molecule has 0 aliphatic heterocycles. The zero-order chi connectivity index (χ0) is 15.2. The van der Waals surface area contributed by atoms with Crippen molar-refractivity contribution in [2.24, 2.45) is 5.41 Å². The Kier molecular flexibility index (Phi) is 5.66. The van der Waals surface area contributed by atoms with Gasteiger partial charge in [-0.2, -0.15) is 5.10 Å². The topological polar surface area (TPSA) is 94.3 Å². The molecule has 0 bridgehead atoms. The molecule has 0 aliphatic carbocycles. The molecule has 0 fully saturated rings. The van der Waals surface area contributed by atoms with Crippen molar-refractivity contribution in [2.75, 3.05) is 6.61 Å². The highest BCUT2D eigenvalue weighted by Crippen LogP contribution is 2.29. The van der Waals surface area contributed by atoms with Gasteiger partial charge in [0.15, 0.2) is 5.41 Å². The van der Waals surface area contributed by atoms with E-state index in [1.165, 1.54) is 6.33 Å². The predicted molar refractivity (Wildman–Crippen MR) is 71.0 cm³/mol. The lowest BCUT2D eigenvalue weighted by atomic mass is 9.81. The van der Waals surface area contributed by atoms with Crippen LogP contribution >= 0.6 is 0 Å². The number of aryl methyl sites for hydroxylation is 1. The van der Waals surface area contributed by atoms with Crippen molar-refractivity contribution in [1.29, 1.82) is 0 Å². The van der Waals surface area contributed by atoms with E-state index in [9.17, 15) is 14.7 Å². The number of carboxylic acids is 1. The van der Waals surface area contributed by atoms with Crippen LogP contribution in [-0.2, 0) is 27.3 Å². The summed E-state index contributed by atoms with van der Waals surface area (Å²) in [5, 5.41) is 13.5. The van der Waals surface area contributed by atoms with E-state index >= 15 is 0 Å². The molecule has 7 nitrogen and oxygen atoms in total. The van der Waals surface area contributed by atoms with E-state index < -0.39 is 17.4 Å². The Morgan fingerprint density at radius 1 is 1.40 bits per heavy atom. The largest absolute Gasteiger partial charge is 0.480 e. The number of carboxylic acid groups (broad SMARTS) is 1. The highest BCUT2D eigenvalue weighted by molar-refractivity contribution is 5.99. The molecule has 0 radical (unpaired) electrons. The first-order valence-corrected chi connectivity index (χ1v) is 6.79. The molecule has 0 saturated carbocycles. The molecule has 0 spiro atoms. The van der Waals surface area contributed by atoms with Crippen LogP contribution in [0.5, 0.6) is 0 Å². The van der Waals surface area contributed by atoms with Crippen LogP contribution in [0.15, 0.2) is 6.33 Å². The van der Waals surface area contributed by atoms with Crippen molar-refractivity contribution < 1.29 is 19.4 Å². The molecule has 112 valence electrons. The van der Waals surface area contributed by atoms with E-state index in [1.807, 2.05) is 6.92 Å². The van der Waals surface area contributed by atoms with Gasteiger partial charge in [0.05, 0.1) is 6.61 Å². The third-order valence-corrected chi connectivity index (χ3v) is 3.27. The smallest absolute Gasteiger partial charge is 0.323 e. The van der Waals surface area contributed by atoms with Crippen molar-refractivity contribution in [3.63, 3.8) is 0 Å². The molecule has 7 heteroatoms. The van der Waals surface area contributed by atoms with Crippen LogP contribution in [0.25, 0.3) is 0 Å². The summed E-state index contributed by atoms with van der Waals surface area (Å²) in [5.41, 5.74) is -1.60. The number of rotatable bonds is 8. The number of carbonyl (C=O) groups excluding carboxylic acids is 1. The summed E-state index contributed by atoms with van der Waals surface area (Å²) in [6.45, 7) is 6.08. The second-order valence-corrected chi connectivity index (χ2v) is 4.54. The van der Waals surface area contributed by atoms with Gasteiger partial charge in [-0.25, -0.2) is 4.98 Å². The van der Waals surface area contributed by atoms with Gasteiger partial charge in [0.25, 0.3) is 0 Å². The molecule has 20 heavy (non-hydrogen) atoms. The van der Waals surface area contributed by atoms with Crippen molar-refractivity contribution in [3.8, 4) is 0 Å². The molecule has 0 aromatic carbocycles. The minimum absolute atomic E-state index is 0.0162. The number of nitrogens with zero attached hydrogens (tertiary/aromatic N) is 3. The quantitative estimate of drug-likeness (QED) is 0.570. The summed E-state index contributed by atoms with van der Waals surface area (Å²) in [5.74, 6) is -1.42. The van der Waals surface area contributed by atoms with E-state index in [-0.39, 0.29) is 19.4 Å². The van der Waals surface area contributed by atoms with Crippen LogP contribution < -0.4 is 0 Å². The fraction of sp³-hybridized carbons (Fsp3) is 0.692. The maximum Gasteiger partial charge on any atom is 0.323 e. The average Bonchev–Trinajstić information content (AvgIpc) is 2.83. The molecule has 1 aromatic rings. The summed E-state index contributed by atoms with van der Waals surface area (Å²) in [6, 6.07) is 0. The number of ether oxygens (including phenoxy) is 1. The molecule has 0 aliphatic rings. The molecule has 1 rings (SSSR count). The molecule has 1 atom stereocenters. The van der Waals surface area contributed by atoms with Crippen LogP contribution in [0.1, 0.15) is 39.4 Å². The lowest BCUT2D eigenvalue weighted by Gasteiger charge is -2.25. The van der Waals surface area contributed by atoms with Gasteiger partial charge in [-0.05, 0) is 19.8 Å². The van der Waals surface area contributed by atoms with Crippen LogP contribution in [-0.4, -0.2) is 38.4 Å². The SMILES string of the molecule is CCCn1ncnc1CC(CC)(C(=O)O)C(=O)OCC. The molecule has 1 aromatic heterocycles.